The first-order chi connectivity index (χ1) is 8.01. The van der Waals surface area contributed by atoms with Crippen LogP contribution in [-0.2, 0) is 19.9 Å². The highest BCUT2D eigenvalue weighted by Gasteiger charge is 2.18. The van der Waals surface area contributed by atoms with E-state index < -0.39 is 0 Å². The van der Waals surface area contributed by atoms with E-state index in [1.54, 1.807) is 0 Å². The number of nitrogens with zero attached hydrogens (tertiary/aromatic N) is 2. The molecule has 0 radical (unpaired) electrons. The molecular formula is C13H24BrN3. The summed E-state index contributed by atoms with van der Waals surface area (Å²) in [6.45, 7) is 9.86. The number of aromatic nitrogens is 2. The summed E-state index contributed by atoms with van der Waals surface area (Å²) in [4.78, 5) is 0. The number of aryl methyl sites for hydroxylation is 2. The molecule has 0 aliphatic carbocycles. The van der Waals surface area contributed by atoms with Crippen LogP contribution in [0.1, 0.15) is 39.1 Å². The fraction of sp³-hybridized carbons (Fsp3) is 0.769. The number of rotatable bonds is 6. The maximum atomic E-state index is 4.54. The number of nitrogens with one attached hydrogen (secondary N) is 1. The van der Waals surface area contributed by atoms with Crippen LogP contribution in [0.3, 0.4) is 0 Å². The fourth-order valence-corrected chi connectivity index (χ4v) is 2.82. The van der Waals surface area contributed by atoms with Gasteiger partial charge in [0.2, 0.25) is 0 Å². The molecule has 1 aromatic heterocycles. The molecule has 0 aromatic carbocycles. The van der Waals surface area contributed by atoms with Gasteiger partial charge in [-0.15, -0.1) is 0 Å². The van der Waals surface area contributed by atoms with Crippen molar-refractivity contribution in [1.82, 2.24) is 15.1 Å². The van der Waals surface area contributed by atoms with Gasteiger partial charge in [0, 0.05) is 13.1 Å². The van der Waals surface area contributed by atoms with Crippen LogP contribution in [-0.4, -0.2) is 22.4 Å². The Labute approximate surface area is 113 Å². The molecule has 98 valence electrons. The Hall–Kier alpha value is -0.350. The van der Waals surface area contributed by atoms with E-state index >= 15 is 0 Å². The lowest BCUT2D eigenvalue weighted by atomic mass is 9.97. The molecule has 0 spiro atoms. The van der Waals surface area contributed by atoms with E-state index in [1.165, 1.54) is 10.2 Å². The second kappa shape index (κ2) is 6.55. The summed E-state index contributed by atoms with van der Waals surface area (Å²) >= 11 is 3.68. The molecule has 0 amide bonds. The highest BCUT2D eigenvalue weighted by atomic mass is 79.9. The molecule has 0 bridgehead atoms. The maximum absolute atomic E-state index is 4.54. The van der Waals surface area contributed by atoms with Gasteiger partial charge in [0.1, 0.15) is 0 Å². The normalized spacial score (nSPS) is 14.9. The van der Waals surface area contributed by atoms with Crippen LogP contribution in [0.25, 0.3) is 0 Å². The summed E-state index contributed by atoms with van der Waals surface area (Å²) < 4.78 is 3.20. The zero-order valence-corrected chi connectivity index (χ0v) is 13.1. The fourth-order valence-electron chi connectivity index (χ4n) is 2.05. The van der Waals surface area contributed by atoms with Crippen molar-refractivity contribution in [3.05, 3.63) is 15.9 Å². The van der Waals surface area contributed by atoms with Crippen LogP contribution in [0.5, 0.6) is 0 Å². The Balaban J connectivity index is 2.77. The van der Waals surface area contributed by atoms with Gasteiger partial charge in [-0.25, -0.2) is 0 Å². The van der Waals surface area contributed by atoms with E-state index in [2.05, 4.69) is 54.0 Å². The van der Waals surface area contributed by atoms with Gasteiger partial charge < -0.3 is 5.32 Å². The highest BCUT2D eigenvalue weighted by Crippen LogP contribution is 2.24. The molecule has 0 fully saturated rings. The van der Waals surface area contributed by atoms with Gasteiger partial charge in [-0.2, -0.15) is 5.10 Å². The summed E-state index contributed by atoms with van der Waals surface area (Å²) in [7, 11) is 2.03. The van der Waals surface area contributed by atoms with Crippen LogP contribution in [0.2, 0.25) is 0 Å². The average Bonchev–Trinajstić information content (AvgIpc) is 2.56. The van der Waals surface area contributed by atoms with E-state index in [0.717, 1.165) is 25.1 Å². The lowest BCUT2D eigenvalue weighted by molar-refractivity contribution is 0.398. The van der Waals surface area contributed by atoms with Crippen molar-refractivity contribution in [2.75, 3.05) is 6.54 Å². The zero-order valence-electron chi connectivity index (χ0n) is 11.5. The van der Waals surface area contributed by atoms with Gasteiger partial charge in [0.05, 0.1) is 15.9 Å². The van der Waals surface area contributed by atoms with Crippen molar-refractivity contribution in [2.24, 2.45) is 13.0 Å². The lowest BCUT2D eigenvalue weighted by Crippen LogP contribution is -2.33. The second-order valence-electron chi connectivity index (χ2n) is 4.71. The topological polar surface area (TPSA) is 29.9 Å². The first-order valence-electron chi connectivity index (χ1n) is 6.44. The molecule has 0 saturated carbocycles. The van der Waals surface area contributed by atoms with Crippen LogP contribution in [0, 0.1) is 5.92 Å². The Morgan fingerprint density at radius 3 is 2.47 bits per heavy atom. The smallest absolute Gasteiger partial charge is 0.0766 e. The average molecular weight is 302 g/mol. The minimum Gasteiger partial charge on any atom is -0.314 e. The SMILES string of the molecule is CCNC(C)C(C)Cc1c(Br)c(CC)nn1C. The molecule has 4 heteroatoms. The van der Waals surface area contributed by atoms with Crippen molar-refractivity contribution in [2.45, 2.75) is 46.6 Å². The van der Waals surface area contributed by atoms with E-state index in [-0.39, 0.29) is 0 Å². The minimum absolute atomic E-state index is 0.534. The van der Waals surface area contributed by atoms with E-state index in [1.807, 2.05) is 11.7 Å². The van der Waals surface area contributed by atoms with Crippen LogP contribution in [0.4, 0.5) is 0 Å². The third-order valence-electron chi connectivity index (χ3n) is 3.40. The van der Waals surface area contributed by atoms with Gasteiger partial charge in [0.15, 0.2) is 0 Å². The second-order valence-corrected chi connectivity index (χ2v) is 5.51. The molecule has 1 rings (SSSR count). The van der Waals surface area contributed by atoms with Gasteiger partial charge in [-0.3, -0.25) is 4.68 Å². The van der Waals surface area contributed by atoms with Crippen molar-refractivity contribution >= 4 is 15.9 Å². The van der Waals surface area contributed by atoms with E-state index in [0.29, 0.717) is 12.0 Å². The van der Waals surface area contributed by atoms with Crippen molar-refractivity contribution in [3.8, 4) is 0 Å². The largest absolute Gasteiger partial charge is 0.314 e. The van der Waals surface area contributed by atoms with Gasteiger partial charge in [-0.05, 0) is 48.2 Å². The zero-order chi connectivity index (χ0) is 13.0. The monoisotopic (exact) mass is 301 g/mol. The third kappa shape index (κ3) is 3.55. The van der Waals surface area contributed by atoms with E-state index in [9.17, 15) is 0 Å². The molecule has 2 atom stereocenters. The summed E-state index contributed by atoms with van der Waals surface area (Å²) in [5.74, 6) is 0.603. The maximum Gasteiger partial charge on any atom is 0.0766 e. The van der Waals surface area contributed by atoms with Gasteiger partial charge in [0.25, 0.3) is 0 Å². The lowest BCUT2D eigenvalue weighted by Gasteiger charge is -2.20. The molecule has 2 unspecified atom stereocenters. The Morgan fingerprint density at radius 2 is 2.00 bits per heavy atom. The van der Waals surface area contributed by atoms with Gasteiger partial charge >= 0.3 is 0 Å². The van der Waals surface area contributed by atoms with Crippen molar-refractivity contribution in [3.63, 3.8) is 0 Å². The minimum atomic E-state index is 0.534. The summed E-state index contributed by atoms with van der Waals surface area (Å²) in [5.41, 5.74) is 2.46. The molecule has 0 saturated heterocycles. The third-order valence-corrected chi connectivity index (χ3v) is 4.31. The molecule has 0 aliphatic heterocycles. The molecule has 17 heavy (non-hydrogen) atoms. The molecule has 1 N–H and O–H groups in total. The van der Waals surface area contributed by atoms with Crippen LogP contribution >= 0.6 is 15.9 Å². The number of hydrogen-bond acceptors (Lipinski definition) is 2. The number of halogens is 1. The molecule has 1 aromatic rings. The Kier molecular flexibility index (Phi) is 5.67. The summed E-state index contributed by atoms with van der Waals surface area (Å²) in [6, 6.07) is 0.534. The highest BCUT2D eigenvalue weighted by molar-refractivity contribution is 9.10. The van der Waals surface area contributed by atoms with Crippen LogP contribution < -0.4 is 5.32 Å². The molecule has 1 heterocycles. The van der Waals surface area contributed by atoms with Crippen LogP contribution in [0.15, 0.2) is 4.47 Å². The molecule has 0 aliphatic rings. The Bertz CT molecular complexity index is 360. The summed E-state index contributed by atoms with van der Waals surface area (Å²) in [6.07, 6.45) is 2.03. The van der Waals surface area contributed by atoms with Gasteiger partial charge in [-0.1, -0.05) is 20.8 Å². The quantitative estimate of drug-likeness (QED) is 0.875. The predicted molar refractivity (Wildman–Crippen MR) is 76.3 cm³/mol. The standard InChI is InChI=1S/C13H24BrN3/c1-6-11-13(14)12(17(5)16-11)8-9(3)10(4)15-7-2/h9-10,15H,6-8H2,1-5H3. The van der Waals surface area contributed by atoms with E-state index in [4.69, 9.17) is 0 Å². The summed E-state index contributed by atoms with van der Waals surface area (Å²) in [5, 5.41) is 8.02. The Morgan fingerprint density at radius 1 is 1.35 bits per heavy atom. The molecular weight excluding hydrogens is 278 g/mol. The predicted octanol–water partition coefficient (Wildman–Crippen LogP) is 2.92. The first-order valence-corrected chi connectivity index (χ1v) is 7.24. The first kappa shape index (κ1) is 14.7. The van der Waals surface area contributed by atoms with Crippen molar-refractivity contribution in [1.29, 1.82) is 0 Å². The van der Waals surface area contributed by atoms with Crippen molar-refractivity contribution < 1.29 is 0 Å². The molecule has 3 nitrogen and oxygen atoms in total. The number of hydrogen-bond donors (Lipinski definition) is 1.